The van der Waals surface area contributed by atoms with E-state index in [-0.39, 0.29) is 17.5 Å². The summed E-state index contributed by atoms with van der Waals surface area (Å²) in [6.07, 6.45) is 0. The fourth-order valence-electron chi connectivity index (χ4n) is 4.65. The molecule has 2 N–H and O–H groups in total. The van der Waals surface area contributed by atoms with Crippen molar-refractivity contribution in [2.75, 3.05) is 18.1 Å². The Bertz CT molecular complexity index is 1490. The Kier molecular flexibility index (Phi) is 7.33. The molecular formula is C31H27ClN2O4. The van der Waals surface area contributed by atoms with E-state index in [2.05, 4.69) is 10.2 Å². The minimum absolute atomic E-state index is 0.182. The number of aromatic carboxylic acids is 1. The number of nitrogens with one attached hydrogen (secondary N) is 1. The summed E-state index contributed by atoms with van der Waals surface area (Å²) in [6.45, 7) is 3.81. The lowest BCUT2D eigenvalue weighted by atomic mass is 9.98. The summed E-state index contributed by atoms with van der Waals surface area (Å²) in [4.78, 5) is 26.7. The first kappa shape index (κ1) is 25.4. The number of benzene rings is 4. The minimum atomic E-state index is -0.943. The monoisotopic (exact) mass is 526 g/mol. The van der Waals surface area contributed by atoms with Crippen molar-refractivity contribution in [3.63, 3.8) is 0 Å². The van der Waals surface area contributed by atoms with Gasteiger partial charge in [0.2, 0.25) is 0 Å². The van der Waals surface area contributed by atoms with E-state index in [0.29, 0.717) is 41.6 Å². The van der Waals surface area contributed by atoms with Gasteiger partial charge in [0.05, 0.1) is 23.8 Å². The van der Waals surface area contributed by atoms with Gasteiger partial charge in [0.25, 0.3) is 5.91 Å². The molecule has 0 saturated carbocycles. The van der Waals surface area contributed by atoms with Crippen LogP contribution in [-0.2, 0) is 6.54 Å². The van der Waals surface area contributed by atoms with Crippen molar-refractivity contribution in [1.29, 1.82) is 0 Å². The van der Waals surface area contributed by atoms with E-state index in [0.717, 1.165) is 22.4 Å². The lowest BCUT2D eigenvalue weighted by Gasteiger charge is -2.31. The molecule has 0 radical (unpaired) electrons. The fourth-order valence-corrected chi connectivity index (χ4v) is 4.85. The average molecular weight is 527 g/mol. The summed E-state index contributed by atoms with van der Waals surface area (Å²) in [5.41, 5.74) is 5.31. The third kappa shape index (κ3) is 5.50. The van der Waals surface area contributed by atoms with Crippen LogP contribution < -0.4 is 15.0 Å². The molecule has 0 aliphatic carbocycles. The molecular weight excluding hydrogens is 500 g/mol. The van der Waals surface area contributed by atoms with Crippen LogP contribution in [0, 0.1) is 0 Å². The largest absolute Gasteiger partial charge is 0.490 e. The molecule has 1 aliphatic rings. The second-order valence-electron chi connectivity index (χ2n) is 9.25. The summed E-state index contributed by atoms with van der Waals surface area (Å²) in [7, 11) is 0. The van der Waals surface area contributed by atoms with Gasteiger partial charge in [-0.25, -0.2) is 4.79 Å². The van der Waals surface area contributed by atoms with Gasteiger partial charge in [-0.3, -0.25) is 4.79 Å². The van der Waals surface area contributed by atoms with E-state index < -0.39 is 5.97 Å². The van der Waals surface area contributed by atoms with Gasteiger partial charge in [-0.05, 0) is 65.6 Å². The number of rotatable bonds is 7. The highest BCUT2D eigenvalue weighted by Gasteiger charge is 2.21. The van der Waals surface area contributed by atoms with Crippen LogP contribution in [0.4, 0.5) is 5.69 Å². The highest BCUT2D eigenvalue weighted by molar-refractivity contribution is 6.30. The summed E-state index contributed by atoms with van der Waals surface area (Å²) in [5.74, 6) is -0.453. The Morgan fingerprint density at radius 1 is 1.00 bits per heavy atom. The Morgan fingerprint density at radius 3 is 2.55 bits per heavy atom. The lowest BCUT2D eigenvalue weighted by Crippen LogP contribution is -2.32. The molecule has 0 fully saturated rings. The van der Waals surface area contributed by atoms with E-state index >= 15 is 0 Å². The number of carboxylic acid groups (broad SMARTS) is 1. The van der Waals surface area contributed by atoms with E-state index in [9.17, 15) is 14.7 Å². The van der Waals surface area contributed by atoms with Crippen LogP contribution in [0.1, 0.15) is 44.8 Å². The SMILES string of the molecule is C[C@H](NC(=O)c1ccc2c(c1)OCCN2Cc1ccc(-c2ccccc2C(=O)O)cc1)c1cccc(Cl)c1. The Balaban J connectivity index is 1.29. The standard InChI is InChI=1S/C31H27ClN2O4/c1-20(23-5-4-6-25(32)17-23)33-30(35)24-13-14-28-29(18-24)38-16-15-34(28)19-21-9-11-22(12-10-21)26-7-2-3-8-27(26)31(36)37/h2-14,17-18,20H,15-16,19H2,1H3,(H,33,35)(H,36,37)/t20-/m0/s1. The summed E-state index contributed by atoms with van der Waals surface area (Å²) in [5, 5.41) is 13.2. The van der Waals surface area contributed by atoms with Crippen LogP contribution in [0.25, 0.3) is 11.1 Å². The number of hydrogen-bond donors (Lipinski definition) is 2. The van der Waals surface area contributed by atoms with Gasteiger partial charge in [0.1, 0.15) is 12.4 Å². The van der Waals surface area contributed by atoms with Crippen molar-refractivity contribution < 1.29 is 19.4 Å². The van der Waals surface area contributed by atoms with Crippen LogP contribution in [0.3, 0.4) is 0 Å². The third-order valence-electron chi connectivity index (χ3n) is 6.67. The van der Waals surface area contributed by atoms with Gasteiger partial charge in [-0.1, -0.05) is 66.2 Å². The molecule has 5 rings (SSSR count). The molecule has 1 amide bonds. The maximum Gasteiger partial charge on any atom is 0.336 e. The number of anilines is 1. The van der Waals surface area contributed by atoms with Gasteiger partial charge in [-0.2, -0.15) is 0 Å². The molecule has 0 unspecified atom stereocenters. The summed E-state index contributed by atoms with van der Waals surface area (Å²) >= 11 is 6.09. The quantitative estimate of drug-likeness (QED) is 0.284. The Hall–Kier alpha value is -4.29. The first-order chi connectivity index (χ1) is 18.4. The number of hydrogen-bond acceptors (Lipinski definition) is 4. The lowest BCUT2D eigenvalue weighted by molar-refractivity contribution is 0.0697. The molecule has 4 aromatic carbocycles. The topological polar surface area (TPSA) is 78.9 Å². The number of nitrogens with zero attached hydrogens (tertiary/aromatic N) is 1. The van der Waals surface area contributed by atoms with Gasteiger partial charge in [-0.15, -0.1) is 0 Å². The number of ether oxygens (including phenoxy) is 1. The maximum absolute atomic E-state index is 12.9. The van der Waals surface area contributed by atoms with Gasteiger partial charge < -0.3 is 20.1 Å². The summed E-state index contributed by atoms with van der Waals surface area (Å²) < 4.78 is 5.91. The predicted molar refractivity (Wildman–Crippen MR) is 149 cm³/mol. The number of carboxylic acids is 1. The molecule has 0 bridgehead atoms. The predicted octanol–water partition coefficient (Wildman–Crippen LogP) is 6.60. The first-order valence-corrected chi connectivity index (χ1v) is 12.8. The Morgan fingerprint density at radius 2 is 1.79 bits per heavy atom. The van der Waals surface area contributed by atoms with Gasteiger partial charge >= 0.3 is 5.97 Å². The van der Waals surface area contributed by atoms with Crippen LogP contribution in [0.5, 0.6) is 5.75 Å². The molecule has 0 spiro atoms. The molecule has 1 aliphatic heterocycles. The highest BCUT2D eigenvalue weighted by atomic mass is 35.5. The van der Waals surface area contributed by atoms with Crippen LogP contribution in [0.15, 0.2) is 91.0 Å². The van der Waals surface area contributed by atoms with E-state index in [1.165, 1.54) is 0 Å². The molecule has 192 valence electrons. The Labute approximate surface area is 226 Å². The molecule has 0 aromatic heterocycles. The molecule has 1 atom stereocenters. The molecule has 4 aromatic rings. The van der Waals surface area contributed by atoms with Crippen LogP contribution in [0.2, 0.25) is 5.02 Å². The summed E-state index contributed by atoms with van der Waals surface area (Å²) in [6, 6.07) is 27.7. The average Bonchev–Trinajstić information content (AvgIpc) is 2.93. The number of carbonyl (C=O) groups excluding carboxylic acids is 1. The molecule has 0 saturated heterocycles. The zero-order chi connectivity index (χ0) is 26.6. The molecule has 38 heavy (non-hydrogen) atoms. The minimum Gasteiger partial charge on any atom is -0.490 e. The maximum atomic E-state index is 12.9. The number of amides is 1. The smallest absolute Gasteiger partial charge is 0.336 e. The third-order valence-corrected chi connectivity index (χ3v) is 6.91. The number of fused-ring (bicyclic) bond motifs is 1. The van der Waals surface area contributed by atoms with Crippen LogP contribution >= 0.6 is 11.6 Å². The van der Waals surface area contributed by atoms with Crippen molar-refractivity contribution in [2.24, 2.45) is 0 Å². The van der Waals surface area contributed by atoms with E-state index in [4.69, 9.17) is 16.3 Å². The second-order valence-corrected chi connectivity index (χ2v) is 9.69. The molecule has 6 nitrogen and oxygen atoms in total. The van der Waals surface area contributed by atoms with Crippen molar-refractivity contribution >= 4 is 29.2 Å². The zero-order valence-corrected chi connectivity index (χ0v) is 21.6. The van der Waals surface area contributed by atoms with E-state index in [1.54, 1.807) is 24.3 Å². The van der Waals surface area contributed by atoms with Gasteiger partial charge in [0.15, 0.2) is 0 Å². The second kappa shape index (κ2) is 11.0. The molecule has 7 heteroatoms. The normalized spacial score (nSPS) is 13.3. The molecule has 1 heterocycles. The first-order valence-electron chi connectivity index (χ1n) is 12.4. The van der Waals surface area contributed by atoms with Gasteiger partial charge in [0, 0.05) is 17.1 Å². The van der Waals surface area contributed by atoms with Crippen molar-refractivity contribution in [2.45, 2.75) is 19.5 Å². The fraction of sp³-hybridized carbons (Fsp3) is 0.161. The zero-order valence-electron chi connectivity index (χ0n) is 20.9. The van der Waals surface area contributed by atoms with Crippen molar-refractivity contribution in [1.82, 2.24) is 5.32 Å². The van der Waals surface area contributed by atoms with E-state index in [1.807, 2.05) is 73.7 Å². The highest BCUT2D eigenvalue weighted by Crippen LogP contribution is 2.34. The number of carbonyl (C=O) groups is 2. The van der Waals surface area contributed by atoms with Crippen LogP contribution in [-0.4, -0.2) is 30.1 Å². The van der Waals surface area contributed by atoms with Crippen molar-refractivity contribution in [3.05, 3.63) is 118 Å². The van der Waals surface area contributed by atoms with Crippen molar-refractivity contribution in [3.8, 4) is 16.9 Å². The number of halogens is 1.